The molecule has 0 aromatic heterocycles. The predicted octanol–water partition coefficient (Wildman–Crippen LogP) is 3.67. The van der Waals surface area contributed by atoms with Crippen LogP contribution in [0.4, 0.5) is 0 Å². The topological polar surface area (TPSA) is 0 Å². The van der Waals surface area contributed by atoms with Crippen LogP contribution in [0.5, 0.6) is 0 Å². The molecular weight excluding hydrogens is 144 g/mol. The van der Waals surface area contributed by atoms with Crippen LogP contribution in [0, 0.1) is 0 Å². The van der Waals surface area contributed by atoms with Gasteiger partial charge in [-0.3, -0.25) is 0 Å². The van der Waals surface area contributed by atoms with Crippen molar-refractivity contribution in [1.82, 2.24) is 0 Å². The molecule has 0 fully saturated rings. The highest BCUT2D eigenvalue weighted by Gasteiger charge is 1.95. The van der Waals surface area contributed by atoms with E-state index >= 15 is 0 Å². The molecule has 62 valence electrons. The van der Waals surface area contributed by atoms with E-state index in [1.165, 1.54) is 11.1 Å². The summed E-state index contributed by atoms with van der Waals surface area (Å²) in [5, 5.41) is 0. The van der Waals surface area contributed by atoms with Crippen LogP contribution < -0.4 is 0 Å². The zero-order valence-electron chi connectivity index (χ0n) is 7.46. The lowest BCUT2D eigenvalue weighted by Crippen LogP contribution is -1.80. The Balaban J connectivity index is 2.88. The summed E-state index contributed by atoms with van der Waals surface area (Å²) in [4.78, 5) is 0. The smallest absolute Gasteiger partial charge is 0.00975 e. The lowest BCUT2D eigenvalue weighted by atomic mass is 10.0. The fourth-order valence-electron chi connectivity index (χ4n) is 1.21. The molecule has 0 atom stereocenters. The highest BCUT2D eigenvalue weighted by molar-refractivity contribution is 5.66. The monoisotopic (exact) mass is 158 g/mol. The first-order valence-electron chi connectivity index (χ1n) is 4.20. The molecule has 0 amide bonds. The molecule has 12 heavy (non-hydrogen) atoms. The first-order valence-corrected chi connectivity index (χ1v) is 4.20. The number of hydrogen-bond acceptors (Lipinski definition) is 0. The maximum Gasteiger partial charge on any atom is -0.00975 e. The average Bonchev–Trinajstić information content (AvgIpc) is 2.15. The largest absolute Gasteiger partial charge is 0.103 e. The van der Waals surface area contributed by atoms with Gasteiger partial charge in [0.25, 0.3) is 0 Å². The molecule has 1 aromatic rings. The van der Waals surface area contributed by atoms with Gasteiger partial charge >= 0.3 is 0 Å². The fraction of sp³-hybridized carbons (Fsp3) is 0.167. The molecule has 0 radical (unpaired) electrons. The number of allylic oxidation sites excluding steroid dienone is 3. The predicted molar refractivity (Wildman–Crippen MR) is 54.9 cm³/mol. The van der Waals surface area contributed by atoms with E-state index in [0.717, 1.165) is 6.42 Å². The summed E-state index contributed by atoms with van der Waals surface area (Å²) in [6, 6.07) is 10.4. The van der Waals surface area contributed by atoms with Crippen molar-refractivity contribution in [3.8, 4) is 0 Å². The minimum atomic E-state index is 0.945. The van der Waals surface area contributed by atoms with Gasteiger partial charge in [0.1, 0.15) is 0 Å². The highest BCUT2D eigenvalue weighted by Crippen LogP contribution is 2.17. The Labute approximate surface area is 74.2 Å². The first kappa shape index (κ1) is 8.79. The molecule has 1 aromatic carbocycles. The third kappa shape index (κ3) is 2.09. The lowest BCUT2D eigenvalue weighted by molar-refractivity contribution is 1.38. The van der Waals surface area contributed by atoms with Gasteiger partial charge in [-0.25, -0.2) is 0 Å². The van der Waals surface area contributed by atoms with Crippen LogP contribution in [0.2, 0.25) is 0 Å². The van der Waals surface area contributed by atoms with Gasteiger partial charge in [-0.05, 0) is 24.5 Å². The van der Waals surface area contributed by atoms with Gasteiger partial charge in [0.2, 0.25) is 0 Å². The van der Waals surface area contributed by atoms with Gasteiger partial charge in [-0.1, -0.05) is 42.5 Å². The second-order valence-corrected chi connectivity index (χ2v) is 2.67. The third-order valence-corrected chi connectivity index (χ3v) is 1.86. The second kappa shape index (κ2) is 4.55. The molecule has 0 unspecified atom stereocenters. The van der Waals surface area contributed by atoms with Crippen LogP contribution in [0.25, 0.3) is 5.57 Å². The van der Waals surface area contributed by atoms with Crippen molar-refractivity contribution in [3.05, 3.63) is 54.6 Å². The normalized spacial score (nSPS) is 11.2. The van der Waals surface area contributed by atoms with Crippen LogP contribution in [0.1, 0.15) is 18.9 Å². The van der Waals surface area contributed by atoms with Crippen LogP contribution in [0.3, 0.4) is 0 Å². The minimum absolute atomic E-state index is 0.945. The fourth-order valence-corrected chi connectivity index (χ4v) is 1.21. The zero-order valence-corrected chi connectivity index (χ0v) is 7.46. The van der Waals surface area contributed by atoms with Gasteiger partial charge in [0, 0.05) is 0 Å². The molecular formula is C12H14. The molecule has 0 spiro atoms. The van der Waals surface area contributed by atoms with E-state index in [2.05, 4.69) is 43.8 Å². The van der Waals surface area contributed by atoms with Crippen molar-refractivity contribution in [2.45, 2.75) is 13.3 Å². The minimum Gasteiger partial charge on any atom is -0.103 e. The Bertz CT molecular complexity index is 267. The Morgan fingerprint density at radius 3 is 2.50 bits per heavy atom. The summed E-state index contributed by atoms with van der Waals surface area (Å²) < 4.78 is 0. The Morgan fingerprint density at radius 2 is 2.00 bits per heavy atom. The van der Waals surface area contributed by atoms with E-state index in [1.54, 1.807) is 0 Å². The van der Waals surface area contributed by atoms with Gasteiger partial charge < -0.3 is 0 Å². The van der Waals surface area contributed by atoms with Crippen LogP contribution in [-0.4, -0.2) is 0 Å². The van der Waals surface area contributed by atoms with Crippen molar-refractivity contribution in [2.24, 2.45) is 0 Å². The van der Waals surface area contributed by atoms with Gasteiger partial charge in [0.15, 0.2) is 0 Å². The van der Waals surface area contributed by atoms with Gasteiger partial charge in [-0.2, -0.15) is 0 Å². The molecule has 0 nitrogen and oxygen atoms in total. The molecule has 0 aliphatic heterocycles. The maximum atomic E-state index is 3.73. The second-order valence-electron chi connectivity index (χ2n) is 2.67. The van der Waals surface area contributed by atoms with Crippen LogP contribution in [0.15, 0.2) is 49.1 Å². The number of benzene rings is 1. The Hall–Kier alpha value is -1.30. The average molecular weight is 158 g/mol. The van der Waals surface area contributed by atoms with Crippen molar-refractivity contribution in [1.29, 1.82) is 0 Å². The molecule has 0 saturated carbocycles. The molecule has 0 heteroatoms. The summed E-state index contributed by atoms with van der Waals surface area (Å²) >= 11 is 0. The lowest BCUT2D eigenvalue weighted by Gasteiger charge is -2.02. The maximum absolute atomic E-state index is 3.73. The standard InChI is InChI=1S/C12H14/c1-3-8-11(4-2)12-9-6-5-7-10-12/h3-7,9-10H,1,8H2,2H3. The van der Waals surface area contributed by atoms with Crippen molar-refractivity contribution in [3.63, 3.8) is 0 Å². The van der Waals surface area contributed by atoms with Gasteiger partial charge in [-0.15, -0.1) is 6.58 Å². The Kier molecular flexibility index (Phi) is 3.34. The third-order valence-electron chi connectivity index (χ3n) is 1.86. The van der Waals surface area contributed by atoms with Crippen molar-refractivity contribution < 1.29 is 0 Å². The molecule has 1 rings (SSSR count). The van der Waals surface area contributed by atoms with E-state index < -0.39 is 0 Å². The zero-order chi connectivity index (χ0) is 8.81. The van der Waals surface area contributed by atoms with Crippen molar-refractivity contribution in [2.75, 3.05) is 0 Å². The number of rotatable bonds is 3. The molecule has 0 aliphatic rings. The number of hydrogen-bond donors (Lipinski definition) is 0. The summed E-state index contributed by atoms with van der Waals surface area (Å²) in [6.07, 6.45) is 5.01. The van der Waals surface area contributed by atoms with E-state index in [1.807, 2.05) is 12.1 Å². The quantitative estimate of drug-likeness (QED) is 0.589. The first-order chi connectivity index (χ1) is 5.88. The van der Waals surface area contributed by atoms with E-state index in [9.17, 15) is 0 Å². The van der Waals surface area contributed by atoms with E-state index in [4.69, 9.17) is 0 Å². The summed E-state index contributed by atoms with van der Waals surface area (Å²) in [6.45, 7) is 5.79. The van der Waals surface area contributed by atoms with E-state index in [0.29, 0.717) is 0 Å². The van der Waals surface area contributed by atoms with Crippen molar-refractivity contribution >= 4 is 5.57 Å². The molecule has 0 aliphatic carbocycles. The molecule has 0 saturated heterocycles. The van der Waals surface area contributed by atoms with Gasteiger partial charge in [0.05, 0.1) is 0 Å². The summed E-state index contributed by atoms with van der Waals surface area (Å²) in [5.41, 5.74) is 2.63. The molecule has 0 N–H and O–H groups in total. The molecule has 0 bridgehead atoms. The Morgan fingerprint density at radius 1 is 1.33 bits per heavy atom. The summed E-state index contributed by atoms with van der Waals surface area (Å²) in [7, 11) is 0. The highest BCUT2D eigenvalue weighted by atomic mass is 14.0. The SMILES string of the molecule is C=CCC(=CC)c1ccccc1. The van der Waals surface area contributed by atoms with Crippen LogP contribution >= 0.6 is 0 Å². The molecule has 0 heterocycles. The summed E-state index contributed by atoms with van der Waals surface area (Å²) in [5.74, 6) is 0. The van der Waals surface area contributed by atoms with E-state index in [-0.39, 0.29) is 0 Å². The van der Waals surface area contributed by atoms with Crippen LogP contribution in [-0.2, 0) is 0 Å².